The number of sulfonamides is 1. The predicted octanol–water partition coefficient (Wildman–Crippen LogP) is 2.23. The van der Waals surface area contributed by atoms with Gasteiger partial charge in [0.2, 0.25) is 15.9 Å². The van der Waals surface area contributed by atoms with Crippen molar-refractivity contribution in [1.29, 1.82) is 0 Å². The maximum Gasteiger partial charge on any atom is 0.225 e. The van der Waals surface area contributed by atoms with Gasteiger partial charge in [-0.3, -0.25) is 4.79 Å². The number of anilines is 1. The smallest absolute Gasteiger partial charge is 0.225 e. The number of hydrogen-bond donors (Lipinski definition) is 1. The molecule has 1 aliphatic rings. The SMILES string of the molecule is O=C(CCN1CCCCS1(=O)=O)Nc1ccc(F)c(Cl)c1. The van der Waals surface area contributed by atoms with E-state index in [9.17, 15) is 17.6 Å². The third kappa shape index (κ3) is 4.39. The van der Waals surface area contributed by atoms with Gasteiger partial charge in [0.15, 0.2) is 0 Å². The zero-order chi connectivity index (χ0) is 15.5. The minimum atomic E-state index is -3.22. The maximum absolute atomic E-state index is 13.0. The molecule has 21 heavy (non-hydrogen) atoms. The fourth-order valence-corrected chi connectivity index (χ4v) is 3.90. The van der Waals surface area contributed by atoms with Gasteiger partial charge in [0.05, 0.1) is 10.8 Å². The summed E-state index contributed by atoms with van der Waals surface area (Å²) in [5.41, 5.74) is 0.382. The van der Waals surface area contributed by atoms with Crippen molar-refractivity contribution < 1.29 is 17.6 Å². The average Bonchev–Trinajstić information content (AvgIpc) is 2.41. The molecule has 0 bridgehead atoms. The van der Waals surface area contributed by atoms with E-state index in [1.54, 1.807) is 0 Å². The highest BCUT2D eigenvalue weighted by Gasteiger charge is 2.25. The van der Waals surface area contributed by atoms with Crippen LogP contribution < -0.4 is 5.32 Å². The summed E-state index contributed by atoms with van der Waals surface area (Å²) in [5, 5.41) is 2.49. The van der Waals surface area contributed by atoms with Gasteiger partial charge in [-0.15, -0.1) is 0 Å². The zero-order valence-electron chi connectivity index (χ0n) is 11.3. The number of benzene rings is 1. The minimum Gasteiger partial charge on any atom is -0.326 e. The van der Waals surface area contributed by atoms with E-state index in [0.717, 1.165) is 12.5 Å². The average molecular weight is 335 g/mol. The molecule has 1 aliphatic heterocycles. The first-order chi connectivity index (χ1) is 9.88. The molecule has 5 nitrogen and oxygen atoms in total. The number of halogens is 2. The molecule has 0 saturated carbocycles. The summed E-state index contributed by atoms with van der Waals surface area (Å²) in [5.74, 6) is -0.755. The van der Waals surface area contributed by atoms with Crippen LogP contribution in [0.15, 0.2) is 18.2 Å². The number of rotatable bonds is 4. The fourth-order valence-electron chi connectivity index (χ4n) is 2.12. The van der Waals surface area contributed by atoms with Gasteiger partial charge < -0.3 is 5.32 Å². The monoisotopic (exact) mass is 334 g/mol. The molecule has 1 fully saturated rings. The Hall–Kier alpha value is -1.18. The van der Waals surface area contributed by atoms with Crippen LogP contribution in [0.1, 0.15) is 19.3 Å². The summed E-state index contributed by atoms with van der Waals surface area (Å²) in [6.07, 6.45) is 1.53. The van der Waals surface area contributed by atoms with Crippen molar-refractivity contribution in [1.82, 2.24) is 4.31 Å². The second-order valence-electron chi connectivity index (χ2n) is 4.85. The first-order valence-electron chi connectivity index (χ1n) is 6.61. The molecular weight excluding hydrogens is 319 g/mol. The lowest BCUT2D eigenvalue weighted by molar-refractivity contribution is -0.116. The van der Waals surface area contributed by atoms with Gasteiger partial charge in [-0.1, -0.05) is 11.6 Å². The molecule has 1 amide bonds. The summed E-state index contributed by atoms with van der Waals surface area (Å²) >= 11 is 5.62. The van der Waals surface area contributed by atoms with Gasteiger partial charge in [-0.2, -0.15) is 0 Å². The Bertz CT molecular complexity index is 636. The van der Waals surface area contributed by atoms with Crippen molar-refractivity contribution in [3.8, 4) is 0 Å². The number of amides is 1. The van der Waals surface area contributed by atoms with Crippen LogP contribution in [-0.4, -0.2) is 37.5 Å². The largest absolute Gasteiger partial charge is 0.326 e. The first-order valence-corrected chi connectivity index (χ1v) is 8.60. The van der Waals surface area contributed by atoms with Gasteiger partial charge in [-0.05, 0) is 31.0 Å². The van der Waals surface area contributed by atoms with E-state index in [1.807, 2.05) is 0 Å². The molecule has 1 saturated heterocycles. The Kier molecular flexibility index (Phi) is 5.18. The van der Waals surface area contributed by atoms with Crippen LogP contribution in [0.5, 0.6) is 0 Å². The number of nitrogens with one attached hydrogen (secondary N) is 1. The molecule has 0 spiro atoms. The third-order valence-electron chi connectivity index (χ3n) is 3.24. The second-order valence-corrected chi connectivity index (χ2v) is 7.34. The lowest BCUT2D eigenvalue weighted by atomic mass is 10.3. The molecule has 0 aliphatic carbocycles. The summed E-state index contributed by atoms with van der Waals surface area (Å²) in [6.45, 7) is 0.612. The van der Waals surface area contributed by atoms with Crippen molar-refractivity contribution in [3.63, 3.8) is 0 Å². The van der Waals surface area contributed by atoms with Crippen LogP contribution in [-0.2, 0) is 14.8 Å². The molecule has 1 aromatic carbocycles. The van der Waals surface area contributed by atoms with Crippen LogP contribution in [0.2, 0.25) is 5.02 Å². The molecule has 1 heterocycles. The van der Waals surface area contributed by atoms with Crippen LogP contribution in [0.25, 0.3) is 0 Å². The molecule has 0 unspecified atom stereocenters. The highest BCUT2D eigenvalue weighted by atomic mass is 35.5. The van der Waals surface area contributed by atoms with Gasteiger partial charge in [0.1, 0.15) is 5.82 Å². The van der Waals surface area contributed by atoms with Crippen LogP contribution in [0, 0.1) is 5.82 Å². The number of carbonyl (C=O) groups is 1. The second kappa shape index (κ2) is 6.72. The standard InChI is InChI=1S/C13H16ClFN2O3S/c14-11-9-10(3-4-12(11)15)16-13(18)5-7-17-6-1-2-8-21(17,19)20/h3-4,9H,1-2,5-8H2,(H,16,18). The van der Waals surface area contributed by atoms with E-state index in [2.05, 4.69) is 5.32 Å². The van der Waals surface area contributed by atoms with Gasteiger partial charge >= 0.3 is 0 Å². The summed E-state index contributed by atoms with van der Waals surface area (Å²) in [4.78, 5) is 11.8. The van der Waals surface area contributed by atoms with E-state index >= 15 is 0 Å². The third-order valence-corrected chi connectivity index (χ3v) is 5.49. The van der Waals surface area contributed by atoms with Gasteiger partial charge in [-0.25, -0.2) is 17.1 Å². The summed E-state index contributed by atoms with van der Waals surface area (Å²) < 4.78 is 37.9. The number of carbonyl (C=O) groups excluding carboxylic acids is 1. The zero-order valence-corrected chi connectivity index (χ0v) is 12.9. The Morgan fingerprint density at radius 3 is 2.81 bits per heavy atom. The molecule has 1 N–H and O–H groups in total. The predicted molar refractivity (Wildman–Crippen MR) is 79.3 cm³/mol. The molecule has 1 aromatic rings. The lowest BCUT2D eigenvalue weighted by Crippen LogP contribution is -2.39. The van der Waals surface area contributed by atoms with E-state index in [-0.39, 0.29) is 29.6 Å². The highest BCUT2D eigenvalue weighted by molar-refractivity contribution is 7.89. The van der Waals surface area contributed by atoms with E-state index in [4.69, 9.17) is 11.6 Å². The van der Waals surface area contributed by atoms with E-state index < -0.39 is 15.8 Å². The molecule has 116 valence electrons. The molecule has 2 rings (SSSR count). The van der Waals surface area contributed by atoms with Crippen molar-refractivity contribution in [2.24, 2.45) is 0 Å². The topological polar surface area (TPSA) is 66.5 Å². The maximum atomic E-state index is 13.0. The Morgan fingerprint density at radius 2 is 2.14 bits per heavy atom. The summed E-state index contributed by atoms with van der Waals surface area (Å²) in [6, 6.07) is 3.87. The van der Waals surface area contributed by atoms with Crippen LogP contribution in [0.4, 0.5) is 10.1 Å². The van der Waals surface area contributed by atoms with Crippen molar-refractivity contribution in [2.75, 3.05) is 24.2 Å². The normalized spacial score (nSPS) is 18.4. The van der Waals surface area contributed by atoms with Crippen LogP contribution in [0.3, 0.4) is 0 Å². The lowest BCUT2D eigenvalue weighted by Gasteiger charge is -2.25. The van der Waals surface area contributed by atoms with Crippen LogP contribution >= 0.6 is 11.6 Å². The number of nitrogens with zero attached hydrogens (tertiary/aromatic N) is 1. The van der Waals surface area contributed by atoms with Crippen molar-refractivity contribution in [3.05, 3.63) is 29.0 Å². The minimum absolute atomic E-state index is 0.0498. The van der Waals surface area contributed by atoms with Crippen molar-refractivity contribution >= 4 is 33.2 Å². The Labute approximate surface area is 128 Å². The molecule has 0 aromatic heterocycles. The molecule has 8 heteroatoms. The summed E-state index contributed by atoms with van der Waals surface area (Å²) in [7, 11) is -3.22. The van der Waals surface area contributed by atoms with E-state index in [0.29, 0.717) is 18.7 Å². The van der Waals surface area contributed by atoms with Crippen molar-refractivity contribution in [2.45, 2.75) is 19.3 Å². The van der Waals surface area contributed by atoms with E-state index in [1.165, 1.54) is 16.4 Å². The quantitative estimate of drug-likeness (QED) is 0.918. The van der Waals surface area contributed by atoms with Gasteiger partial charge in [0.25, 0.3) is 0 Å². The first kappa shape index (κ1) is 16.2. The van der Waals surface area contributed by atoms with Gasteiger partial charge in [0, 0.05) is 25.2 Å². The Balaban J connectivity index is 1.88. The highest BCUT2D eigenvalue weighted by Crippen LogP contribution is 2.19. The Morgan fingerprint density at radius 1 is 1.38 bits per heavy atom. The molecule has 0 radical (unpaired) electrons. The number of hydrogen-bond acceptors (Lipinski definition) is 3. The molecular formula is C13H16ClFN2O3S. The fraction of sp³-hybridized carbons (Fsp3) is 0.462. The molecule has 0 atom stereocenters.